The summed E-state index contributed by atoms with van der Waals surface area (Å²) >= 11 is 2.11. The molecule has 0 saturated heterocycles. The number of nitrogens with one attached hydrogen (secondary N) is 2. The van der Waals surface area contributed by atoms with Gasteiger partial charge in [0, 0.05) is 36.2 Å². The van der Waals surface area contributed by atoms with Crippen molar-refractivity contribution in [2.75, 3.05) is 17.6 Å². The third kappa shape index (κ3) is 7.08. The first-order valence-corrected chi connectivity index (χ1v) is 8.87. The van der Waals surface area contributed by atoms with E-state index in [9.17, 15) is 19.2 Å². The summed E-state index contributed by atoms with van der Waals surface area (Å²) in [6.07, 6.45) is 4.57. The molecule has 0 aromatic carbocycles. The highest BCUT2D eigenvalue weighted by Crippen LogP contribution is 2.04. The highest BCUT2D eigenvalue weighted by molar-refractivity contribution is 14.1. The first-order valence-electron chi connectivity index (χ1n) is 7.34. The van der Waals surface area contributed by atoms with Gasteiger partial charge in [-0.2, -0.15) is 0 Å². The van der Waals surface area contributed by atoms with Crippen molar-refractivity contribution in [1.82, 2.24) is 15.5 Å². The standard InChI is InChI=1S/C14H21IN4O4/c15-9-18-10(14(16)23)3-1-2-7-17-11(20)6-8-19-12(21)4-5-13(19)22/h4-5,10,18H,1-3,6-9H2,(H2,16,23)(H,17,20). The number of imide groups is 1. The molecule has 0 aromatic heterocycles. The Labute approximate surface area is 148 Å². The molecule has 1 aliphatic heterocycles. The molecular weight excluding hydrogens is 415 g/mol. The monoisotopic (exact) mass is 436 g/mol. The second kappa shape index (κ2) is 10.3. The van der Waals surface area contributed by atoms with Crippen LogP contribution in [0.4, 0.5) is 0 Å². The molecular formula is C14H21IN4O4. The maximum Gasteiger partial charge on any atom is 0.253 e. The van der Waals surface area contributed by atoms with Crippen molar-refractivity contribution in [3.8, 4) is 0 Å². The topological polar surface area (TPSA) is 122 Å². The van der Waals surface area contributed by atoms with Crippen LogP contribution in [0.2, 0.25) is 0 Å². The molecule has 1 heterocycles. The zero-order valence-electron chi connectivity index (χ0n) is 12.7. The van der Waals surface area contributed by atoms with E-state index in [0.29, 0.717) is 17.5 Å². The lowest BCUT2D eigenvalue weighted by molar-refractivity contribution is -0.137. The second-order valence-corrected chi connectivity index (χ2v) is 5.81. The number of amides is 4. The Morgan fingerprint density at radius 1 is 1.22 bits per heavy atom. The summed E-state index contributed by atoms with van der Waals surface area (Å²) < 4.78 is 0.644. The summed E-state index contributed by atoms with van der Waals surface area (Å²) in [5.41, 5.74) is 5.27. The maximum absolute atomic E-state index is 11.7. The third-order valence-electron chi connectivity index (χ3n) is 3.37. The van der Waals surface area contributed by atoms with Crippen LogP contribution in [0.25, 0.3) is 0 Å². The fourth-order valence-corrected chi connectivity index (χ4v) is 2.62. The zero-order chi connectivity index (χ0) is 17.2. The molecule has 0 bridgehead atoms. The number of rotatable bonds is 11. The Hall–Kier alpha value is -1.49. The molecule has 1 unspecified atom stereocenters. The van der Waals surface area contributed by atoms with Crippen molar-refractivity contribution in [2.24, 2.45) is 5.73 Å². The smallest absolute Gasteiger partial charge is 0.253 e. The van der Waals surface area contributed by atoms with Crippen molar-refractivity contribution in [3.63, 3.8) is 0 Å². The van der Waals surface area contributed by atoms with Crippen LogP contribution in [0, 0.1) is 0 Å². The van der Waals surface area contributed by atoms with Gasteiger partial charge in [0.1, 0.15) is 0 Å². The number of hydrogen-bond donors (Lipinski definition) is 3. The lowest BCUT2D eigenvalue weighted by Crippen LogP contribution is -2.40. The van der Waals surface area contributed by atoms with Crippen molar-refractivity contribution < 1.29 is 19.2 Å². The minimum atomic E-state index is -0.386. The number of unbranched alkanes of at least 4 members (excludes halogenated alkanes) is 1. The Morgan fingerprint density at radius 2 is 1.87 bits per heavy atom. The number of nitrogens with two attached hydrogens (primary N) is 1. The van der Waals surface area contributed by atoms with E-state index in [0.717, 1.165) is 17.7 Å². The first-order chi connectivity index (χ1) is 11.0. The van der Waals surface area contributed by atoms with Crippen LogP contribution in [0.15, 0.2) is 12.2 Å². The van der Waals surface area contributed by atoms with Crippen LogP contribution < -0.4 is 16.4 Å². The summed E-state index contributed by atoms with van der Waals surface area (Å²) in [4.78, 5) is 46.5. The summed E-state index contributed by atoms with van der Waals surface area (Å²) in [5, 5.41) is 5.72. The van der Waals surface area contributed by atoms with Gasteiger partial charge in [-0.05, 0) is 19.3 Å². The van der Waals surface area contributed by atoms with Crippen LogP contribution in [0.3, 0.4) is 0 Å². The minimum Gasteiger partial charge on any atom is -0.368 e. The number of nitrogens with zero attached hydrogens (tertiary/aromatic N) is 1. The molecule has 1 aliphatic rings. The SMILES string of the molecule is NC(=O)C(CCCCNC(=O)CCN1C(=O)C=CC1=O)NCI. The molecule has 0 aromatic rings. The molecule has 0 spiro atoms. The first kappa shape index (κ1) is 19.6. The normalized spacial score (nSPS) is 15.1. The van der Waals surface area contributed by atoms with E-state index < -0.39 is 0 Å². The molecule has 0 saturated carbocycles. The van der Waals surface area contributed by atoms with Crippen LogP contribution in [-0.4, -0.2) is 52.2 Å². The lowest BCUT2D eigenvalue weighted by Gasteiger charge is -2.14. The van der Waals surface area contributed by atoms with E-state index in [2.05, 4.69) is 33.2 Å². The summed E-state index contributed by atoms with van der Waals surface area (Å²) in [6.45, 7) is 0.564. The van der Waals surface area contributed by atoms with Gasteiger partial charge in [0.2, 0.25) is 11.8 Å². The Kier molecular flexibility index (Phi) is 8.77. The quantitative estimate of drug-likeness (QED) is 0.132. The van der Waals surface area contributed by atoms with Crippen LogP contribution in [0.5, 0.6) is 0 Å². The molecule has 9 heteroatoms. The maximum atomic E-state index is 11.7. The molecule has 0 aliphatic carbocycles. The average molecular weight is 436 g/mol. The van der Waals surface area contributed by atoms with Gasteiger partial charge in [-0.1, -0.05) is 22.6 Å². The molecule has 1 rings (SSSR count). The summed E-state index contributed by atoms with van der Waals surface area (Å²) in [6, 6.07) is -0.345. The number of primary amides is 1. The molecule has 23 heavy (non-hydrogen) atoms. The Morgan fingerprint density at radius 3 is 2.43 bits per heavy atom. The van der Waals surface area contributed by atoms with Gasteiger partial charge in [0.15, 0.2) is 0 Å². The van der Waals surface area contributed by atoms with Gasteiger partial charge >= 0.3 is 0 Å². The number of carbonyl (C=O) groups is 4. The highest BCUT2D eigenvalue weighted by atomic mass is 127. The predicted molar refractivity (Wildman–Crippen MR) is 92.3 cm³/mol. The van der Waals surface area contributed by atoms with Crippen molar-refractivity contribution in [2.45, 2.75) is 31.7 Å². The number of carbonyl (C=O) groups excluding carboxylic acids is 4. The van der Waals surface area contributed by atoms with Gasteiger partial charge in [-0.3, -0.25) is 29.4 Å². The summed E-state index contributed by atoms with van der Waals surface area (Å²) in [5.74, 6) is -1.36. The van der Waals surface area contributed by atoms with Crippen LogP contribution >= 0.6 is 22.6 Å². The van der Waals surface area contributed by atoms with Gasteiger partial charge in [-0.15, -0.1) is 0 Å². The Balaban J connectivity index is 2.11. The second-order valence-electron chi connectivity index (χ2n) is 5.05. The molecule has 0 radical (unpaired) electrons. The van der Waals surface area contributed by atoms with E-state index in [1.54, 1.807) is 0 Å². The largest absolute Gasteiger partial charge is 0.368 e. The molecule has 128 valence electrons. The van der Waals surface area contributed by atoms with Gasteiger partial charge in [0.25, 0.3) is 11.8 Å². The van der Waals surface area contributed by atoms with Crippen molar-refractivity contribution in [1.29, 1.82) is 0 Å². The number of alkyl halides is 1. The van der Waals surface area contributed by atoms with E-state index in [1.807, 2.05) is 0 Å². The lowest BCUT2D eigenvalue weighted by atomic mass is 10.1. The predicted octanol–water partition coefficient (Wildman–Crippen LogP) is -0.576. The zero-order valence-corrected chi connectivity index (χ0v) is 14.9. The fourth-order valence-electron chi connectivity index (χ4n) is 2.09. The van der Waals surface area contributed by atoms with Gasteiger partial charge in [-0.25, -0.2) is 0 Å². The summed E-state index contributed by atoms with van der Waals surface area (Å²) in [7, 11) is 0. The van der Waals surface area contributed by atoms with Crippen LogP contribution in [-0.2, 0) is 19.2 Å². The third-order valence-corrected chi connectivity index (χ3v) is 3.81. The molecule has 4 amide bonds. The Bertz CT molecular complexity index is 477. The molecule has 8 nitrogen and oxygen atoms in total. The van der Waals surface area contributed by atoms with Crippen molar-refractivity contribution in [3.05, 3.63) is 12.2 Å². The van der Waals surface area contributed by atoms with E-state index in [4.69, 9.17) is 5.73 Å². The van der Waals surface area contributed by atoms with Gasteiger partial charge < -0.3 is 11.1 Å². The molecule has 1 atom stereocenters. The van der Waals surface area contributed by atoms with Crippen molar-refractivity contribution >= 4 is 46.2 Å². The number of halogens is 1. The number of hydrogen-bond acceptors (Lipinski definition) is 5. The van der Waals surface area contributed by atoms with E-state index in [-0.39, 0.29) is 42.6 Å². The fraction of sp³-hybridized carbons (Fsp3) is 0.571. The van der Waals surface area contributed by atoms with Crippen LogP contribution in [0.1, 0.15) is 25.7 Å². The van der Waals surface area contributed by atoms with Gasteiger partial charge in [0.05, 0.1) is 6.04 Å². The van der Waals surface area contributed by atoms with E-state index >= 15 is 0 Å². The molecule has 4 N–H and O–H groups in total. The average Bonchev–Trinajstić information content (AvgIpc) is 2.82. The minimum absolute atomic E-state index is 0.0828. The highest BCUT2D eigenvalue weighted by Gasteiger charge is 2.23. The van der Waals surface area contributed by atoms with E-state index in [1.165, 1.54) is 12.2 Å². The molecule has 0 fully saturated rings.